The van der Waals surface area contributed by atoms with Gasteiger partial charge < -0.3 is 15.0 Å². The molecule has 0 saturated carbocycles. The maximum absolute atomic E-state index is 5.11. The van der Waals surface area contributed by atoms with Crippen molar-refractivity contribution in [3.63, 3.8) is 0 Å². The van der Waals surface area contributed by atoms with E-state index in [4.69, 9.17) is 4.74 Å². The lowest BCUT2D eigenvalue weighted by atomic mass is 10.0. The van der Waals surface area contributed by atoms with E-state index in [1.54, 1.807) is 7.11 Å². The maximum Gasteiger partial charge on any atom is 0.0589 e. The van der Waals surface area contributed by atoms with Crippen molar-refractivity contribution in [3.8, 4) is 0 Å². The summed E-state index contributed by atoms with van der Waals surface area (Å²) >= 11 is 0. The Balaban J connectivity index is 2.11. The van der Waals surface area contributed by atoms with Crippen molar-refractivity contribution in [2.45, 2.75) is 51.6 Å². The number of methoxy groups -OCH3 is 1. The predicted molar refractivity (Wildman–Crippen MR) is 68.8 cm³/mol. The third kappa shape index (κ3) is 5.28. The molecule has 3 nitrogen and oxygen atoms in total. The summed E-state index contributed by atoms with van der Waals surface area (Å²) in [5, 5.41) is 3.74. The third-order valence-electron chi connectivity index (χ3n) is 3.44. The van der Waals surface area contributed by atoms with E-state index in [2.05, 4.69) is 24.1 Å². The standard InChI is InChI=1S/C13H28N2O/c1-4-5-12(2)14-13-6-8-15(9-7-13)10-11-16-3/h12-14H,4-11H2,1-3H3. The van der Waals surface area contributed by atoms with Crippen LogP contribution in [0.2, 0.25) is 0 Å². The van der Waals surface area contributed by atoms with E-state index < -0.39 is 0 Å². The maximum atomic E-state index is 5.11. The van der Waals surface area contributed by atoms with Gasteiger partial charge in [-0.15, -0.1) is 0 Å². The van der Waals surface area contributed by atoms with Crippen LogP contribution in [-0.2, 0) is 4.74 Å². The van der Waals surface area contributed by atoms with Gasteiger partial charge in [0.05, 0.1) is 6.61 Å². The molecule has 1 aliphatic heterocycles. The number of rotatable bonds is 7. The van der Waals surface area contributed by atoms with Crippen molar-refractivity contribution >= 4 is 0 Å². The third-order valence-corrected chi connectivity index (χ3v) is 3.44. The predicted octanol–water partition coefficient (Wildman–Crippen LogP) is 1.88. The minimum Gasteiger partial charge on any atom is -0.383 e. The van der Waals surface area contributed by atoms with Gasteiger partial charge in [0.15, 0.2) is 0 Å². The summed E-state index contributed by atoms with van der Waals surface area (Å²) in [6.45, 7) is 8.96. The van der Waals surface area contributed by atoms with Gasteiger partial charge in [0.25, 0.3) is 0 Å². The Bertz CT molecular complexity index is 167. The zero-order valence-electron chi connectivity index (χ0n) is 11.2. The van der Waals surface area contributed by atoms with Crippen LogP contribution in [0.5, 0.6) is 0 Å². The first-order valence-corrected chi connectivity index (χ1v) is 6.73. The second-order valence-electron chi connectivity index (χ2n) is 4.97. The Morgan fingerprint density at radius 3 is 2.62 bits per heavy atom. The van der Waals surface area contributed by atoms with Crippen LogP contribution in [0, 0.1) is 0 Å². The van der Waals surface area contributed by atoms with E-state index in [1.807, 2.05) is 0 Å². The van der Waals surface area contributed by atoms with Crippen LogP contribution < -0.4 is 5.32 Å². The van der Waals surface area contributed by atoms with Gasteiger partial charge in [-0.2, -0.15) is 0 Å². The molecule has 0 bridgehead atoms. The highest BCUT2D eigenvalue weighted by atomic mass is 16.5. The molecule has 0 aromatic rings. The second kappa shape index (κ2) is 8.04. The SMILES string of the molecule is CCCC(C)NC1CCN(CCOC)CC1. The summed E-state index contributed by atoms with van der Waals surface area (Å²) in [6.07, 6.45) is 5.15. The summed E-state index contributed by atoms with van der Waals surface area (Å²) in [5.74, 6) is 0. The molecule has 0 aromatic heterocycles. The molecule has 96 valence electrons. The normalized spacial score (nSPS) is 21.2. The van der Waals surface area contributed by atoms with Crippen molar-refractivity contribution in [1.82, 2.24) is 10.2 Å². The van der Waals surface area contributed by atoms with Crippen LogP contribution in [0.4, 0.5) is 0 Å². The number of ether oxygens (including phenoxy) is 1. The second-order valence-corrected chi connectivity index (χ2v) is 4.97. The summed E-state index contributed by atoms with van der Waals surface area (Å²) in [5.41, 5.74) is 0. The van der Waals surface area contributed by atoms with Gasteiger partial charge in [-0.05, 0) is 39.3 Å². The molecular weight excluding hydrogens is 200 g/mol. The van der Waals surface area contributed by atoms with Crippen molar-refractivity contribution in [2.24, 2.45) is 0 Å². The summed E-state index contributed by atoms with van der Waals surface area (Å²) in [6, 6.07) is 1.42. The Morgan fingerprint density at radius 1 is 1.38 bits per heavy atom. The summed E-state index contributed by atoms with van der Waals surface area (Å²) in [4.78, 5) is 2.51. The molecule has 0 aliphatic carbocycles. The largest absolute Gasteiger partial charge is 0.383 e. The molecule has 0 spiro atoms. The Hall–Kier alpha value is -0.120. The molecular formula is C13H28N2O. The van der Waals surface area contributed by atoms with Crippen molar-refractivity contribution in [1.29, 1.82) is 0 Å². The van der Waals surface area contributed by atoms with Gasteiger partial charge in [0, 0.05) is 25.7 Å². The Labute approximate surface area is 101 Å². The fourth-order valence-corrected chi connectivity index (χ4v) is 2.46. The highest BCUT2D eigenvalue weighted by Gasteiger charge is 2.19. The average molecular weight is 228 g/mol. The fraction of sp³-hybridized carbons (Fsp3) is 1.00. The number of nitrogens with one attached hydrogen (secondary N) is 1. The van der Waals surface area contributed by atoms with Crippen LogP contribution in [0.25, 0.3) is 0 Å². The zero-order chi connectivity index (χ0) is 11.8. The van der Waals surface area contributed by atoms with Crippen LogP contribution >= 0.6 is 0 Å². The number of nitrogens with zero attached hydrogens (tertiary/aromatic N) is 1. The summed E-state index contributed by atoms with van der Waals surface area (Å²) in [7, 11) is 1.78. The molecule has 1 aliphatic rings. The van der Waals surface area contributed by atoms with Crippen LogP contribution in [0.15, 0.2) is 0 Å². The molecule has 1 saturated heterocycles. The smallest absolute Gasteiger partial charge is 0.0589 e. The van der Waals surface area contributed by atoms with Crippen LogP contribution in [-0.4, -0.2) is 50.3 Å². The van der Waals surface area contributed by atoms with E-state index in [9.17, 15) is 0 Å². The van der Waals surface area contributed by atoms with Crippen LogP contribution in [0.1, 0.15) is 39.5 Å². The lowest BCUT2D eigenvalue weighted by molar-refractivity contribution is 0.124. The van der Waals surface area contributed by atoms with Gasteiger partial charge in [-0.1, -0.05) is 13.3 Å². The molecule has 1 fully saturated rings. The number of hydrogen-bond donors (Lipinski definition) is 1. The Kier molecular flexibility index (Phi) is 7.01. The van der Waals surface area contributed by atoms with Crippen molar-refractivity contribution in [3.05, 3.63) is 0 Å². The number of piperidine rings is 1. The molecule has 1 atom stereocenters. The van der Waals surface area contributed by atoms with Gasteiger partial charge >= 0.3 is 0 Å². The topological polar surface area (TPSA) is 24.5 Å². The minimum atomic E-state index is 0.681. The molecule has 3 heteroatoms. The summed E-state index contributed by atoms with van der Waals surface area (Å²) < 4.78 is 5.11. The highest BCUT2D eigenvalue weighted by molar-refractivity contribution is 4.79. The van der Waals surface area contributed by atoms with E-state index >= 15 is 0 Å². The number of likely N-dealkylation sites (tertiary alicyclic amines) is 1. The molecule has 1 heterocycles. The average Bonchev–Trinajstić information content (AvgIpc) is 2.28. The minimum absolute atomic E-state index is 0.681. The van der Waals surface area contributed by atoms with Gasteiger partial charge in [-0.3, -0.25) is 0 Å². The molecule has 1 rings (SSSR count). The first-order chi connectivity index (χ1) is 7.76. The lowest BCUT2D eigenvalue weighted by Gasteiger charge is -2.33. The number of hydrogen-bond acceptors (Lipinski definition) is 3. The van der Waals surface area contributed by atoms with Gasteiger partial charge in [0.1, 0.15) is 0 Å². The molecule has 0 amide bonds. The first-order valence-electron chi connectivity index (χ1n) is 6.73. The lowest BCUT2D eigenvalue weighted by Crippen LogP contribution is -2.46. The van der Waals surface area contributed by atoms with E-state index in [-0.39, 0.29) is 0 Å². The van der Waals surface area contributed by atoms with Crippen molar-refractivity contribution in [2.75, 3.05) is 33.4 Å². The fourth-order valence-electron chi connectivity index (χ4n) is 2.46. The van der Waals surface area contributed by atoms with Crippen molar-refractivity contribution < 1.29 is 4.74 Å². The first kappa shape index (κ1) is 13.9. The van der Waals surface area contributed by atoms with E-state index in [0.29, 0.717) is 6.04 Å². The van der Waals surface area contributed by atoms with E-state index in [0.717, 1.165) is 19.2 Å². The molecule has 0 radical (unpaired) electrons. The molecule has 1 unspecified atom stereocenters. The molecule has 16 heavy (non-hydrogen) atoms. The zero-order valence-corrected chi connectivity index (χ0v) is 11.2. The van der Waals surface area contributed by atoms with E-state index in [1.165, 1.54) is 38.8 Å². The quantitative estimate of drug-likeness (QED) is 0.720. The monoisotopic (exact) mass is 228 g/mol. The molecule has 0 aromatic carbocycles. The highest BCUT2D eigenvalue weighted by Crippen LogP contribution is 2.11. The molecule has 1 N–H and O–H groups in total. The van der Waals surface area contributed by atoms with Gasteiger partial charge in [0.2, 0.25) is 0 Å². The van der Waals surface area contributed by atoms with Gasteiger partial charge in [-0.25, -0.2) is 0 Å². The van der Waals surface area contributed by atoms with Crippen LogP contribution in [0.3, 0.4) is 0 Å². The Morgan fingerprint density at radius 2 is 2.06 bits per heavy atom.